The van der Waals surface area contributed by atoms with Gasteiger partial charge in [0.25, 0.3) is 5.89 Å². The molecule has 1 fully saturated rings. The number of aromatic nitrogens is 7. The summed E-state index contributed by atoms with van der Waals surface area (Å²) in [6, 6.07) is 7.80. The number of hydrogen-bond acceptors (Lipinski definition) is 7. The predicted molar refractivity (Wildman–Crippen MR) is 95.5 cm³/mol. The van der Waals surface area contributed by atoms with Gasteiger partial charge in [0.15, 0.2) is 5.65 Å². The van der Waals surface area contributed by atoms with Gasteiger partial charge in [-0.2, -0.15) is 4.98 Å². The summed E-state index contributed by atoms with van der Waals surface area (Å²) < 4.78 is 14.7. The second kappa shape index (κ2) is 5.02. The summed E-state index contributed by atoms with van der Waals surface area (Å²) in [6.45, 7) is 0. The standard InChI is InChI=1S/C17H12ClN7O2/c1-26-17(6-7-17)15-20-14(27-23-15)13-22-21-12-9-4-2-3-5-10(9)24-11(25(12)13)8-19-16(24)18/h2-5,8H,6-7H2,1H3. The third-order valence-corrected chi connectivity index (χ3v) is 5.36. The SMILES string of the molecule is COC1(c2noc(-c3nnc4c5ccccc5n5c(Cl)ncc5n34)n2)CC1. The molecule has 0 N–H and O–H groups in total. The van der Waals surface area contributed by atoms with E-state index in [1.165, 1.54) is 0 Å². The Hall–Kier alpha value is -3.04. The van der Waals surface area contributed by atoms with Crippen LogP contribution in [0.1, 0.15) is 18.7 Å². The number of imidazole rings is 1. The van der Waals surface area contributed by atoms with Crippen LogP contribution in [0.2, 0.25) is 5.28 Å². The number of methoxy groups -OCH3 is 1. The molecule has 0 atom stereocenters. The maximum Gasteiger partial charge on any atom is 0.296 e. The first-order valence-electron chi connectivity index (χ1n) is 8.40. The van der Waals surface area contributed by atoms with Crippen LogP contribution in [0.5, 0.6) is 0 Å². The summed E-state index contributed by atoms with van der Waals surface area (Å²) in [5.41, 5.74) is 1.83. The molecule has 1 aromatic carbocycles. The lowest BCUT2D eigenvalue weighted by molar-refractivity contribution is 0.0689. The van der Waals surface area contributed by atoms with Crippen molar-refractivity contribution in [2.24, 2.45) is 0 Å². The predicted octanol–water partition coefficient (Wildman–Crippen LogP) is 2.87. The van der Waals surface area contributed by atoms with Crippen molar-refractivity contribution in [1.82, 2.24) is 34.1 Å². The van der Waals surface area contributed by atoms with Gasteiger partial charge >= 0.3 is 0 Å². The van der Waals surface area contributed by atoms with Crippen LogP contribution in [0.4, 0.5) is 0 Å². The van der Waals surface area contributed by atoms with Gasteiger partial charge in [-0.3, -0.25) is 8.80 Å². The molecule has 9 nitrogen and oxygen atoms in total. The van der Waals surface area contributed by atoms with E-state index in [0.29, 0.717) is 28.2 Å². The van der Waals surface area contributed by atoms with E-state index >= 15 is 0 Å². The normalized spacial score (nSPS) is 15.9. The molecule has 0 radical (unpaired) electrons. The fourth-order valence-corrected chi connectivity index (χ4v) is 3.73. The first-order valence-corrected chi connectivity index (χ1v) is 8.78. The van der Waals surface area contributed by atoms with E-state index in [-0.39, 0.29) is 5.89 Å². The lowest BCUT2D eigenvalue weighted by Gasteiger charge is -2.07. The average Bonchev–Trinajstić information content (AvgIpc) is 3.03. The van der Waals surface area contributed by atoms with Crippen molar-refractivity contribution in [3.63, 3.8) is 0 Å². The molecule has 27 heavy (non-hydrogen) atoms. The zero-order valence-corrected chi connectivity index (χ0v) is 14.9. The van der Waals surface area contributed by atoms with Crippen molar-refractivity contribution in [3.8, 4) is 11.7 Å². The van der Waals surface area contributed by atoms with Crippen LogP contribution >= 0.6 is 11.6 Å². The van der Waals surface area contributed by atoms with Crippen LogP contribution in [0.15, 0.2) is 35.0 Å². The lowest BCUT2D eigenvalue weighted by Crippen LogP contribution is -2.10. The average molecular weight is 382 g/mol. The summed E-state index contributed by atoms with van der Waals surface area (Å²) in [5.74, 6) is 1.23. The van der Waals surface area contributed by atoms with Crippen molar-refractivity contribution >= 4 is 33.8 Å². The van der Waals surface area contributed by atoms with Gasteiger partial charge < -0.3 is 9.26 Å². The molecule has 134 valence electrons. The minimum atomic E-state index is -0.440. The number of halogens is 1. The number of para-hydroxylation sites is 1. The molecule has 1 aliphatic carbocycles. The molecule has 4 aromatic heterocycles. The smallest absolute Gasteiger partial charge is 0.296 e. The Kier molecular flexibility index (Phi) is 2.80. The van der Waals surface area contributed by atoms with Crippen molar-refractivity contribution in [1.29, 1.82) is 0 Å². The summed E-state index contributed by atoms with van der Waals surface area (Å²) in [7, 11) is 1.65. The van der Waals surface area contributed by atoms with Crippen LogP contribution < -0.4 is 0 Å². The van der Waals surface area contributed by atoms with Crippen molar-refractivity contribution in [2.45, 2.75) is 18.4 Å². The molecule has 0 unspecified atom stereocenters. The number of benzene rings is 1. The largest absolute Gasteiger partial charge is 0.370 e. The molecule has 0 aliphatic heterocycles. The molecule has 0 bridgehead atoms. The van der Waals surface area contributed by atoms with Crippen LogP contribution in [0.25, 0.3) is 33.9 Å². The minimum Gasteiger partial charge on any atom is -0.370 e. The van der Waals surface area contributed by atoms with Crippen molar-refractivity contribution in [2.75, 3.05) is 7.11 Å². The molecule has 6 rings (SSSR count). The van der Waals surface area contributed by atoms with E-state index < -0.39 is 5.60 Å². The molecule has 1 aliphatic rings. The molecule has 10 heteroatoms. The second-order valence-electron chi connectivity index (χ2n) is 6.54. The number of ether oxygens (including phenoxy) is 1. The van der Waals surface area contributed by atoms with Gasteiger partial charge in [-0.15, -0.1) is 10.2 Å². The quantitative estimate of drug-likeness (QED) is 0.474. The van der Waals surface area contributed by atoms with Gasteiger partial charge in [-0.1, -0.05) is 17.3 Å². The number of nitrogens with zero attached hydrogens (tertiary/aromatic N) is 7. The highest BCUT2D eigenvalue weighted by atomic mass is 35.5. The first-order chi connectivity index (χ1) is 13.2. The van der Waals surface area contributed by atoms with Gasteiger partial charge in [0.2, 0.25) is 16.9 Å². The van der Waals surface area contributed by atoms with E-state index in [9.17, 15) is 0 Å². The molecule has 0 saturated heterocycles. The highest BCUT2D eigenvalue weighted by Gasteiger charge is 2.49. The summed E-state index contributed by atoms with van der Waals surface area (Å²) in [6.07, 6.45) is 3.41. The summed E-state index contributed by atoms with van der Waals surface area (Å²) >= 11 is 6.34. The van der Waals surface area contributed by atoms with Crippen molar-refractivity contribution < 1.29 is 9.26 Å². The second-order valence-corrected chi connectivity index (χ2v) is 6.88. The molecule has 5 aromatic rings. The Bertz CT molecular complexity index is 1350. The Balaban J connectivity index is 1.68. The minimum absolute atomic E-state index is 0.273. The van der Waals surface area contributed by atoms with Crippen LogP contribution in [-0.2, 0) is 10.3 Å². The highest BCUT2D eigenvalue weighted by molar-refractivity contribution is 6.29. The fraction of sp³-hybridized carbons (Fsp3) is 0.235. The van der Waals surface area contributed by atoms with Gasteiger partial charge in [0.05, 0.1) is 11.7 Å². The third-order valence-electron chi connectivity index (χ3n) is 5.10. The lowest BCUT2D eigenvalue weighted by atomic mass is 10.2. The van der Waals surface area contributed by atoms with Crippen LogP contribution in [-0.4, -0.2) is 41.2 Å². The zero-order chi connectivity index (χ0) is 18.2. The van der Waals surface area contributed by atoms with E-state index in [0.717, 1.165) is 23.7 Å². The first kappa shape index (κ1) is 15.1. The van der Waals surface area contributed by atoms with Gasteiger partial charge in [0, 0.05) is 12.5 Å². The van der Waals surface area contributed by atoms with E-state index in [2.05, 4.69) is 25.3 Å². The van der Waals surface area contributed by atoms with Gasteiger partial charge in [-0.05, 0) is 36.6 Å². The summed E-state index contributed by atoms with van der Waals surface area (Å²) in [4.78, 5) is 8.76. The maximum atomic E-state index is 6.34. The highest BCUT2D eigenvalue weighted by Crippen LogP contribution is 2.47. The number of rotatable bonds is 3. The van der Waals surface area contributed by atoms with Gasteiger partial charge in [-0.25, -0.2) is 4.98 Å². The monoisotopic (exact) mass is 381 g/mol. The number of hydrogen-bond donors (Lipinski definition) is 0. The Morgan fingerprint density at radius 2 is 2.04 bits per heavy atom. The molecular weight excluding hydrogens is 370 g/mol. The Labute approximate surface area is 156 Å². The van der Waals surface area contributed by atoms with E-state index in [4.69, 9.17) is 20.9 Å². The van der Waals surface area contributed by atoms with Crippen LogP contribution in [0.3, 0.4) is 0 Å². The van der Waals surface area contributed by atoms with Crippen LogP contribution in [0, 0.1) is 0 Å². The molecule has 0 amide bonds. The van der Waals surface area contributed by atoms with E-state index in [1.54, 1.807) is 13.3 Å². The summed E-state index contributed by atoms with van der Waals surface area (Å²) in [5, 5.41) is 14.0. The zero-order valence-electron chi connectivity index (χ0n) is 14.1. The topological polar surface area (TPSA) is 95.6 Å². The molecule has 0 spiro atoms. The molecular formula is C17H12ClN7O2. The van der Waals surface area contributed by atoms with Crippen molar-refractivity contribution in [3.05, 3.63) is 41.6 Å². The van der Waals surface area contributed by atoms with Gasteiger partial charge in [0.1, 0.15) is 11.2 Å². The Morgan fingerprint density at radius 1 is 1.19 bits per heavy atom. The number of fused-ring (bicyclic) bond motifs is 6. The fourth-order valence-electron chi connectivity index (χ4n) is 3.51. The van der Waals surface area contributed by atoms with E-state index in [1.807, 2.05) is 33.1 Å². The molecule has 4 heterocycles. The third kappa shape index (κ3) is 1.89. The maximum absolute atomic E-state index is 6.34. The Morgan fingerprint density at radius 3 is 2.85 bits per heavy atom. The molecule has 1 saturated carbocycles.